The Labute approximate surface area is 105 Å². The lowest BCUT2D eigenvalue weighted by Gasteiger charge is -2.12. The van der Waals surface area contributed by atoms with Crippen molar-refractivity contribution in [3.05, 3.63) is 24.3 Å². The minimum atomic E-state index is -3.45. The molecule has 2 rings (SSSR count). The molecular weight excluding hydrogens is 254 g/mol. The average Bonchev–Trinajstić information content (AvgIpc) is 2.77. The van der Waals surface area contributed by atoms with Gasteiger partial charge in [-0.05, 0) is 34.7 Å². The number of tetrazole rings is 1. The number of anilines is 1. The Hall–Kier alpha value is -1.96. The van der Waals surface area contributed by atoms with Gasteiger partial charge in [0, 0.05) is 26.0 Å². The second-order valence-corrected chi connectivity index (χ2v) is 5.97. The van der Waals surface area contributed by atoms with Crippen LogP contribution in [0, 0.1) is 0 Å². The summed E-state index contributed by atoms with van der Waals surface area (Å²) in [4.78, 5) is 1.95. The summed E-state index contributed by atoms with van der Waals surface area (Å²) < 4.78 is 24.2. The second-order valence-electron chi connectivity index (χ2n) is 4.06. The average molecular weight is 267 g/mol. The highest BCUT2D eigenvalue weighted by molar-refractivity contribution is 7.90. The molecule has 0 aliphatic heterocycles. The van der Waals surface area contributed by atoms with Gasteiger partial charge in [0.1, 0.15) is 0 Å². The van der Waals surface area contributed by atoms with Gasteiger partial charge in [0.25, 0.3) is 5.16 Å². The zero-order valence-corrected chi connectivity index (χ0v) is 11.1. The van der Waals surface area contributed by atoms with Crippen LogP contribution in [0.2, 0.25) is 0 Å². The molecule has 0 saturated carbocycles. The van der Waals surface area contributed by atoms with Crippen molar-refractivity contribution < 1.29 is 8.42 Å². The van der Waals surface area contributed by atoms with Crippen molar-refractivity contribution in [1.29, 1.82) is 0 Å². The highest BCUT2D eigenvalue weighted by Crippen LogP contribution is 2.16. The number of hydrogen-bond acceptors (Lipinski definition) is 6. The molecule has 8 heteroatoms. The number of aromatic nitrogens is 4. The molecule has 1 heterocycles. The SMILES string of the molecule is CN(C)c1ccc(-n2nnnc2S(C)(=O)=O)cc1. The summed E-state index contributed by atoms with van der Waals surface area (Å²) in [7, 11) is 0.401. The molecule has 0 spiro atoms. The maximum Gasteiger partial charge on any atom is 0.272 e. The first-order valence-electron chi connectivity index (χ1n) is 5.16. The van der Waals surface area contributed by atoms with Crippen molar-refractivity contribution in [2.24, 2.45) is 0 Å². The van der Waals surface area contributed by atoms with E-state index in [4.69, 9.17) is 0 Å². The summed E-state index contributed by atoms with van der Waals surface area (Å²) >= 11 is 0. The monoisotopic (exact) mass is 267 g/mol. The van der Waals surface area contributed by atoms with Crippen LogP contribution in [0.25, 0.3) is 5.69 Å². The second kappa shape index (κ2) is 4.37. The largest absolute Gasteiger partial charge is 0.378 e. The standard InChI is InChI=1S/C10H13N5O2S/c1-14(2)8-4-6-9(7-5-8)15-10(11-12-13-15)18(3,16)17/h4-7H,1-3H3. The molecule has 0 unspecified atom stereocenters. The lowest BCUT2D eigenvalue weighted by molar-refractivity contribution is 0.586. The van der Waals surface area contributed by atoms with Crippen LogP contribution >= 0.6 is 0 Å². The van der Waals surface area contributed by atoms with E-state index in [-0.39, 0.29) is 5.16 Å². The maximum absolute atomic E-state index is 11.5. The lowest BCUT2D eigenvalue weighted by Crippen LogP contribution is -2.10. The Balaban J connectivity index is 2.47. The van der Waals surface area contributed by atoms with Crippen molar-refractivity contribution in [3.63, 3.8) is 0 Å². The fourth-order valence-corrected chi connectivity index (χ4v) is 2.11. The molecule has 7 nitrogen and oxygen atoms in total. The van der Waals surface area contributed by atoms with Crippen molar-refractivity contribution in [2.45, 2.75) is 5.16 Å². The molecule has 0 N–H and O–H groups in total. The van der Waals surface area contributed by atoms with Crippen LogP contribution in [0.4, 0.5) is 5.69 Å². The summed E-state index contributed by atoms with van der Waals surface area (Å²) in [5.41, 5.74) is 1.61. The van der Waals surface area contributed by atoms with Gasteiger partial charge in [-0.15, -0.1) is 0 Å². The third-order valence-electron chi connectivity index (χ3n) is 2.38. The molecule has 0 bridgehead atoms. The highest BCUT2D eigenvalue weighted by Gasteiger charge is 2.18. The molecule has 0 amide bonds. The molecule has 0 fully saturated rings. The molecule has 1 aromatic heterocycles. The predicted octanol–water partition coefficient (Wildman–Crippen LogP) is 0.132. The zero-order valence-electron chi connectivity index (χ0n) is 10.3. The summed E-state index contributed by atoms with van der Waals surface area (Å²) in [6, 6.07) is 7.26. The van der Waals surface area contributed by atoms with E-state index in [0.717, 1.165) is 11.9 Å². The fraction of sp³-hybridized carbons (Fsp3) is 0.300. The minimum absolute atomic E-state index is 0.167. The molecular formula is C10H13N5O2S. The number of hydrogen-bond donors (Lipinski definition) is 0. The normalized spacial score (nSPS) is 11.5. The quantitative estimate of drug-likeness (QED) is 0.786. The van der Waals surface area contributed by atoms with E-state index >= 15 is 0 Å². The molecule has 0 aliphatic carbocycles. The number of benzene rings is 1. The number of rotatable bonds is 3. The van der Waals surface area contributed by atoms with Gasteiger partial charge in [-0.2, -0.15) is 4.68 Å². The Kier molecular flexibility index (Phi) is 3.04. The minimum Gasteiger partial charge on any atom is -0.378 e. The molecule has 0 saturated heterocycles. The third kappa shape index (κ3) is 2.33. The first-order chi connectivity index (χ1) is 8.39. The van der Waals surface area contributed by atoms with Gasteiger partial charge in [0.15, 0.2) is 0 Å². The molecule has 2 aromatic rings. The van der Waals surface area contributed by atoms with Crippen LogP contribution in [0.5, 0.6) is 0 Å². The van der Waals surface area contributed by atoms with Crippen molar-refractivity contribution >= 4 is 15.5 Å². The maximum atomic E-state index is 11.5. The van der Waals surface area contributed by atoms with Gasteiger partial charge in [-0.1, -0.05) is 5.10 Å². The van der Waals surface area contributed by atoms with E-state index in [0.29, 0.717) is 5.69 Å². The smallest absolute Gasteiger partial charge is 0.272 e. The summed E-state index contributed by atoms with van der Waals surface area (Å²) in [6.45, 7) is 0. The van der Waals surface area contributed by atoms with Crippen LogP contribution in [-0.2, 0) is 9.84 Å². The summed E-state index contributed by atoms with van der Waals surface area (Å²) in [6.07, 6.45) is 1.07. The van der Waals surface area contributed by atoms with E-state index in [1.54, 1.807) is 12.1 Å². The molecule has 0 radical (unpaired) electrons. The number of sulfone groups is 1. The molecule has 0 aliphatic rings. The van der Waals surface area contributed by atoms with Crippen LogP contribution in [0.1, 0.15) is 0 Å². The van der Waals surface area contributed by atoms with Crippen LogP contribution in [0.3, 0.4) is 0 Å². The fourth-order valence-electron chi connectivity index (χ4n) is 1.46. The van der Waals surface area contributed by atoms with Gasteiger partial charge in [-0.3, -0.25) is 0 Å². The first kappa shape index (κ1) is 12.5. The van der Waals surface area contributed by atoms with Gasteiger partial charge >= 0.3 is 0 Å². The molecule has 96 valence electrons. The predicted molar refractivity (Wildman–Crippen MR) is 66.6 cm³/mol. The number of nitrogens with zero attached hydrogens (tertiary/aromatic N) is 5. The van der Waals surface area contributed by atoms with E-state index in [9.17, 15) is 8.42 Å². The van der Waals surface area contributed by atoms with E-state index in [2.05, 4.69) is 15.5 Å². The summed E-state index contributed by atoms with van der Waals surface area (Å²) in [5.74, 6) is 0. The highest BCUT2D eigenvalue weighted by atomic mass is 32.2. The van der Waals surface area contributed by atoms with E-state index < -0.39 is 9.84 Å². The molecule has 1 aromatic carbocycles. The Morgan fingerprint density at radius 2 is 1.78 bits per heavy atom. The van der Waals surface area contributed by atoms with E-state index in [1.807, 2.05) is 31.1 Å². The van der Waals surface area contributed by atoms with Gasteiger partial charge in [0.05, 0.1) is 5.69 Å². The van der Waals surface area contributed by atoms with Gasteiger partial charge in [-0.25, -0.2) is 8.42 Å². The topological polar surface area (TPSA) is 81.0 Å². The van der Waals surface area contributed by atoms with E-state index in [1.165, 1.54) is 4.68 Å². The van der Waals surface area contributed by atoms with Crippen LogP contribution in [0.15, 0.2) is 29.4 Å². The Morgan fingerprint density at radius 1 is 1.17 bits per heavy atom. The van der Waals surface area contributed by atoms with Crippen molar-refractivity contribution in [3.8, 4) is 5.69 Å². The first-order valence-corrected chi connectivity index (χ1v) is 7.05. The van der Waals surface area contributed by atoms with Crippen molar-refractivity contribution in [1.82, 2.24) is 20.2 Å². The zero-order chi connectivity index (χ0) is 13.3. The Morgan fingerprint density at radius 3 is 2.28 bits per heavy atom. The molecule has 0 atom stereocenters. The summed E-state index contributed by atoms with van der Waals surface area (Å²) in [5, 5.41) is 10.4. The van der Waals surface area contributed by atoms with Gasteiger partial charge < -0.3 is 4.90 Å². The van der Waals surface area contributed by atoms with Crippen molar-refractivity contribution in [2.75, 3.05) is 25.3 Å². The van der Waals surface area contributed by atoms with Gasteiger partial charge in [0.2, 0.25) is 9.84 Å². The molecule has 18 heavy (non-hydrogen) atoms. The van der Waals surface area contributed by atoms with Crippen LogP contribution in [-0.4, -0.2) is 49.0 Å². The van der Waals surface area contributed by atoms with Crippen LogP contribution < -0.4 is 4.90 Å². The third-order valence-corrected chi connectivity index (χ3v) is 3.30. The lowest BCUT2D eigenvalue weighted by atomic mass is 10.3. The Bertz CT molecular complexity index is 645.